The van der Waals surface area contributed by atoms with Gasteiger partial charge in [-0.1, -0.05) is 35.5 Å². The molecule has 1 saturated carbocycles. The van der Waals surface area contributed by atoms with Gasteiger partial charge in [0.2, 0.25) is 0 Å². The average molecular weight is 401 g/mol. The molecule has 2 N–H and O–H groups in total. The van der Waals surface area contributed by atoms with E-state index in [4.69, 9.17) is 10.3 Å². The number of fused-ring (bicyclic) bond motifs is 1. The molecule has 2 heterocycles. The van der Waals surface area contributed by atoms with Gasteiger partial charge in [-0.2, -0.15) is 0 Å². The number of nitrogens with two attached hydrogens (primary N) is 1. The van der Waals surface area contributed by atoms with E-state index in [0.29, 0.717) is 42.5 Å². The molecule has 28 heavy (non-hydrogen) atoms. The van der Waals surface area contributed by atoms with Gasteiger partial charge in [0, 0.05) is 24.7 Å². The molecule has 3 aromatic rings. The van der Waals surface area contributed by atoms with E-state index in [0.717, 1.165) is 35.9 Å². The highest BCUT2D eigenvalue weighted by atomic mass is 35.5. The van der Waals surface area contributed by atoms with E-state index in [1.54, 1.807) is 0 Å². The largest absolute Gasteiger partial charge is 0.336 e. The van der Waals surface area contributed by atoms with Crippen LogP contribution in [0.25, 0.3) is 11.1 Å². The van der Waals surface area contributed by atoms with Crippen LogP contribution in [0.4, 0.5) is 0 Å². The Labute approximate surface area is 170 Å². The fourth-order valence-electron chi connectivity index (χ4n) is 3.38. The lowest BCUT2D eigenvalue weighted by Crippen LogP contribution is -2.33. The molecule has 0 radical (unpaired) electrons. The van der Waals surface area contributed by atoms with Crippen LogP contribution in [-0.2, 0) is 6.54 Å². The lowest BCUT2D eigenvalue weighted by molar-refractivity contribution is 0.0744. The van der Waals surface area contributed by atoms with Crippen molar-refractivity contribution in [3.63, 3.8) is 0 Å². The standard InChI is InChI=1S/C21H24N4O2.ClH/c1-14-19-17(12-18(16-8-9-16)23-20(19)27-24-14)21(26)25(11-5-10-22)13-15-6-3-2-4-7-15;/h2-4,6-7,12,16H,5,8-11,13,22H2,1H3;1H. The van der Waals surface area contributed by atoms with Crippen LogP contribution in [0.3, 0.4) is 0 Å². The zero-order valence-electron chi connectivity index (χ0n) is 15.9. The monoisotopic (exact) mass is 400 g/mol. The van der Waals surface area contributed by atoms with Crippen molar-refractivity contribution >= 4 is 29.4 Å². The normalized spacial score (nSPS) is 13.4. The van der Waals surface area contributed by atoms with Crippen molar-refractivity contribution in [3.8, 4) is 0 Å². The summed E-state index contributed by atoms with van der Waals surface area (Å²) in [6.07, 6.45) is 2.98. The first-order valence-corrected chi connectivity index (χ1v) is 9.47. The van der Waals surface area contributed by atoms with Crippen LogP contribution in [0, 0.1) is 6.92 Å². The van der Waals surface area contributed by atoms with E-state index >= 15 is 0 Å². The number of hydrogen-bond acceptors (Lipinski definition) is 5. The number of aromatic nitrogens is 2. The van der Waals surface area contributed by atoms with Crippen LogP contribution < -0.4 is 5.73 Å². The zero-order valence-corrected chi connectivity index (χ0v) is 16.7. The molecule has 7 heteroatoms. The van der Waals surface area contributed by atoms with Gasteiger partial charge in [0.25, 0.3) is 11.6 Å². The third-order valence-electron chi connectivity index (χ3n) is 5.00. The Morgan fingerprint density at radius 3 is 2.71 bits per heavy atom. The molecule has 2 aromatic heterocycles. The van der Waals surface area contributed by atoms with Gasteiger partial charge in [0.15, 0.2) is 0 Å². The quantitative estimate of drug-likeness (QED) is 0.651. The number of amides is 1. The molecule has 6 nitrogen and oxygen atoms in total. The van der Waals surface area contributed by atoms with Gasteiger partial charge < -0.3 is 15.2 Å². The molecule has 0 aliphatic heterocycles. The first-order chi connectivity index (χ1) is 13.2. The first-order valence-electron chi connectivity index (χ1n) is 9.47. The van der Waals surface area contributed by atoms with Crippen LogP contribution in [0.5, 0.6) is 0 Å². The maximum absolute atomic E-state index is 13.5. The SMILES string of the molecule is Cc1noc2nc(C3CC3)cc(C(=O)N(CCCN)Cc3ccccc3)c12.Cl. The van der Waals surface area contributed by atoms with Crippen LogP contribution in [0.2, 0.25) is 0 Å². The molecule has 1 aliphatic rings. The van der Waals surface area contributed by atoms with Gasteiger partial charge in [-0.3, -0.25) is 4.79 Å². The fourth-order valence-corrected chi connectivity index (χ4v) is 3.38. The van der Waals surface area contributed by atoms with Crippen LogP contribution in [0.15, 0.2) is 40.9 Å². The minimum atomic E-state index is -0.0205. The van der Waals surface area contributed by atoms with E-state index in [1.165, 1.54) is 0 Å². The molecule has 0 saturated heterocycles. The molecular weight excluding hydrogens is 376 g/mol. The molecule has 1 fully saturated rings. The first kappa shape index (κ1) is 20.3. The second kappa shape index (κ2) is 8.71. The summed E-state index contributed by atoms with van der Waals surface area (Å²) in [5.74, 6) is 0.408. The summed E-state index contributed by atoms with van der Waals surface area (Å²) in [4.78, 5) is 20.0. The van der Waals surface area contributed by atoms with Gasteiger partial charge in [-0.25, -0.2) is 4.98 Å². The molecule has 0 bridgehead atoms. The Morgan fingerprint density at radius 2 is 2.04 bits per heavy atom. The van der Waals surface area contributed by atoms with Crippen LogP contribution in [-0.4, -0.2) is 34.0 Å². The molecule has 0 atom stereocenters. The van der Waals surface area contributed by atoms with Crippen molar-refractivity contribution in [2.75, 3.05) is 13.1 Å². The number of pyridine rings is 1. The highest BCUT2D eigenvalue weighted by Gasteiger charge is 2.29. The van der Waals surface area contributed by atoms with Gasteiger partial charge in [-0.05, 0) is 44.4 Å². The van der Waals surface area contributed by atoms with Crippen molar-refractivity contribution in [3.05, 3.63) is 58.9 Å². The van der Waals surface area contributed by atoms with E-state index in [1.807, 2.05) is 48.2 Å². The molecule has 4 rings (SSSR count). The van der Waals surface area contributed by atoms with Crippen LogP contribution in [0.1, 0.15) is 52.5 Å². The van der Waals surface area contributed by atoms with Crippen molar-refractivity contribution in [2.24, 2.45) is 5.73 Å². The van der Waals surface area contributed by atoms with E-state index in [2.05, 4.69) is 10.1 Å². The smallest absolute Gasteiger partial charge is 0.259 e. The number of rotatable bonds is 7. The second-order valence-corrected chi connectivity index (χ2v) is 7.17. The number of hydrogen-bond donors (Lipinski definition) is 1. The summed E-state index contributed by atoms with van der Waals surface area (Å²) in [6.45, 7) is 3.55. The lowest BCUT2D eigenvalue weighted by Gasteiger charge is -2.23. The summed E-state index contributed by atoms with van der Waals surface area (Å²) >= 11 is 0. The Bertz CT molecular complexity index is 954. The molecule has 148 valence electrons. The number of carbonyl (C=O) groups is 1. The zero-order chi connectivity index (χ0) is 18.8. The van der Waals surface area contributed by atoms with Crippen molar-refractivity contribution in [1.82, 2.24) is 15.0 Å². The number of benzene rings is 1. The molecule has 1 amide bonds. The lowest BCUT2D eigenvalue weighted by atomic mass is 10.1. The Hall–Kier alpha value is -2.44. The predicted octanol–water partition coefficient (Wildman–Crippen LogP) is 3.82. The van der Waals surface area contributed by atoms with Gasteiger partial charge >= 0.3 is 0 Å². The van der Waals surface area contributed by atoms with Gasteiger partial charge in [0.05, 0.1) is 16.6 Å². The summed E-state index contributed by atoms with van der Waals surface area (Å²) < 4.78 is 5.39. The van der Waals surface area contributed by atoms with E-state index in [-0.39, 0.29) is 18.3 Å². The number of aryl methyl sites for hydroxylation is 1. The Balaban J connectivity index is 0.00000225. The molecule has 0 unspecified atom stereocenters. The maximum atomic E-state index is 13.5. The third kappa shape index (κ3) is 4.18. The minimum absolute atomic E-state index is 0. The third-order valence-corrected chi connectivity index (χ3v) is 5.00. The summed E-state index contributed by atoms with van der Waals surface area (Å²) in [6, 6.07) is 12.0. The Morgan fingerprint density at radius 1 is 1.29 bits per heavy atom. The Kier molecular flexibility index (Phi) is 6.31. The van der Waals surface area contributed by atoms with Crippen molar-refractivity contribution < 1.29 is 9.32 Å². The summed E-state index contributed by atoms with van der Waals surface area (Å²) in [7, 11) is 0. The predicted molar refractivity (Wildman–Crippen MR) is 111 cm³/mol. The van der Waals surface area contributed by atoms with Crippen molar-refractivity contribution in [2.45, 2.75) is 38.6 Å². The minimum Gasteiger partial charge on any atom is -0.336 e. The number of nitrogens with zero attached hydrogens (tertiary/aromatic N) is 3. The molecule has 0 spiro atoms. The number of carbonyl (C=O) groups excluding carboxylic acids is 1. The molecule has 1 aromatic carbocycles. The summed E-state index contributed by atoms with van der Waals surface area (Å²) in [5, 5.41) is 4.75. The average Bonchev–Trinajstić information content (AvgIpc) is 3.48. The number of halogens is 1. The van der Waals surface area contributed by atoms with E-state index in [9.17, 15) is 4.79 Å². The fraction of sp³-hybridized carbons (Fsp3) is 0.381. The molecular formula is C21H25ClN4O2. The van der Waals surface area contributed by atoms with Crippen molar-refractivity contribution in [1.29, 1.82) is 0 Å². The van der Waals surface area contributed by atoms with Crippen LogP contribution >= 0.6 is 12.4 Å². The maximum Gasteiger partial charge on any atom is 0.259 e. The summed E-state index contributed by atoms with van der Waals surface area (Å²) in [5.41, 5.74) is 9.52. The topological polar surface area (TPSA) is 85.2 Å². The molecule has 1 aliphatic carbocycles. The second-order valence-electron chi connectivity index (χ2n) is 7.17. The van der Waals surface area contributed by atoms with E-state index < -0.39 is 0 Å². The van der Waals surface area contributed by atoms with Gasteiger partial charge in [-0.15, -0.1) is 12.4 Å². The highest BCUT2D eigenvalue weighted by molar-refractivity contribution is 6.06. The highest BCUT2D eigenvalue weighted by Crippen LogP contribution is 2.40. The van der Waals surface area contributed by atoms with Gasteiger partial charge in [0.1, 0.15) is 0 Å².